The summed E-state index contributed by atoms with van der Waals surface area (Å²) in [6.45, 7) is 2.58. The van der Waals surface area contributed by atoms with Gasteiger partial charge in [0.2, 0.25) is 0 Å². The second-order valence-corrected chi connectivity index (χ2v) is 4.82. The number of hydrogen-bond acceptors (Lipinski definition) is 6. The molecule has 1 saturated carbocycles. The van der Waals surface area contributed by atoms with Crippen LogP contribution in [0.3, 0.4) is 0 Å². The van der Waals surface area contributed by atoms with Crippen molar-refractivity contribution < 1.29 is 14.5 Å². The first-order valence-corrected chi connectivity index (χ1v) is 6.73. The average molecular weight is 294 g/mol. The lowest BCUT2D eigenvalue weighted by atomic mass is 9.89. The van der Waals surface area contributed by atoms with Gasteiger partial charge in [-0.1, -0.05) is 6.07 Å². The smallest absolute Gasteiger partial charge is 0.294 e. The highest BCUT2D eigenvalue weighted by atomic mass is 16.6. The molecule has 8 nitrogen and oxygen atoms in total. The molecule has 114 valence electrons. The van der Waals surface area contributed by atoms with Gasteiger partial charge in [-0.2, -0.15) is 0 Å². The van der Waals surface area contributed by atoms with Crippen LogP contribution in [0.5, 0.6) is 0 Å². The van der Waals surface area contributed by atoms with E-state index in [1.54, 1.807) is 0 Å². The molecule has 0 bridgehead atoms. The quantitative estimate of drug-likeness (QED) is 0.411. The number of nitrogen functional groups attached to an aromatic ring is 1. The van der Waals surface area contributed by atoms with Crippen LogP contribution in [-0.2, 0) is 4.74 Å². The number of rotatable bonds is 6. The summed E-state index contributed by atoms with van der Waals surface area (Å²) in [5, 5.41) is 13.7. The first kappa shape index (κ1) is 15.2. The van der Waals surface area contributed by atoms with Crippen molar-refractivity contribution in [3.8, 4) is 0 Å². The van der Waals surface area contributed by atoms with Gasteiger partial charge in [0.25, 0.3) is 11.6 Å². The molecular weight excluding hydrogens is 276 g/mol. The first-order valence-electron chi connectivity index (χ1n) is 6.73. The fourth-order valence-electron chi connectivity index (χ4n) is 2.35. The normalized spacial score (nSPS) is 20.5. The van der Waals surface area contributed by atoms with E-state index in [0.717, 1.165) is 12.8 Å². The highest BCUT2D eigenvalue weighted by molar-refractivity contribution is 6.01. The third-order valence-corrected chi connectivity index (χ3v) is 3.46. The monoisotopic (exact) mass is 294 g/mol. The van der Waals surface area contributed by atoms with Gasteiger partial charge in [0.05, 0.1) is 16.6 Å². The zero-order chi connectivity index (χ0) is 15.4. The van der Waals surface area contributed by atoms with E-state index in [-0.39, 0.29) is 35.0 Å². The molecule has 1 amide bonds. The van der Waals surface area contributed by atoms with Crippen molar-refractivity contribution in [2.75, 3.05) is 12.0 Å². The average Bonchev–Trinajstić information content (AvgIpc) is 2.43. The maximum Gasteiger partial charge on any atom is 0.294 e. The van der Waals surface area contributed by atoms with E-state index in [0.29, 0.717) is 6.61 Å². The van der Waals surface area contributed by atoms with Gasteiger partial charge >= 0.3 is 0 Å². The zero-order valence-electron chi connectivity index (χ0n) is 11.7. The van der Waals surface area contributed by atoms with Gasteiger partial charge in [-0.05, 0) is 25.8 Å². The van der Waals surface area contributed by atoms with Crippen molar-refractivity contribution in [1.29, 1.82) is 0 Å². The number of para-hydroxylation sites is 1. The standard InChI is InChI=1S/C13H18N4O4/c1-2-21-9-6-8(7-9)15-13(18)10-4-3-5-11(17(19)20)12(10)16-14/h3-5,8-9,16H,2,6-7,14H2,1H3,(H,15,18). The van der Waals surface area contributed by atoms with Crippen molar-refractivity contribution in [2.24, 2.45) is 5.84 Å². The maximum atomic E-state index is 12.2. The fourth-order valence-corrected chi connectivity index (χ4v) is 2.35. The van der Waals surface area contributed by atoms with E-state index < -0.39 is 4.92 Å². The molecule has 0 saturated heterocycles. The number of amides is 1. The summed E-state index contributed by atoms with van der Waals surface area (Å²) in [5.74, 6) is 4.93. The Kier molecular flexibility index (Phi) is 4.71. The van der Waals surface area contributed by atoms with E-state index in [1.165, 1.54) is 18.2 Å². The summed E-state index contributed by atoms with van der Waals surface area (Å²) < 4.78 is 5.42. The Balaban J connectivity index is 2.06. The van der Waals surface area contributed by atoms with Crippen LogP contribution >= 0.6 is 0 Å². The number of benzene rings is 1. The molecule has 0 spiro atoms. The first-order chi connectivity index (χ1) is 10.1. The molecule has 2 rings (SSSR count). The van der Waals surface area contributed by atoms with Gasteiger partial charge in [0.15, 0.2) is 0 Å². The Labute approximate surface area is 121 Å². The Hall–Kier alpha value is -2.19. The number of carbonyl (C=O) groups is 1. The zero-order valence-corrected chi connectivity index (χ0v) is 11.7. The van der Waals surface area contributed by atoms with Gasteiger partial charge in [0.1, 0.15) is 5.69 Å². The van der Waals surface area contributed by atoms with Crippen molar-refractivity contribution >= 4 is 17.3 Å². The number of nitrogens with zero attached hydrogens (tertiary/aromatic N) is 1. The van der Waals surface area contributed by atoms with Crippen LogP contribution < -0.4 is 16.6 Å². The Bertz CT molecular complexity index is 543. The van der Waals surface area contributed by atoms with Crippen LogP contribution in [0.1, 0.15) is 30.1 Å². The number of hydrogen-bond donors (Lipinski definition) is 3. The van der Waals surface area contributed by atoms with Crippen LogP contribution in [0.25, 0.3) is 0 Å². The minimum Gasteiger partial charge on any atom is -0.378 e. The number of nitrogens with two attached hydrogens (primary N) is 1. The topological polar surface area (TPSA) is 120 Å². The van der Waals surface area contributed by atoms with Gasteiger partial charge < -0.3 is 15.5 Å². The van der Waals surface area contributed by atoms with Gasteiger partial charge in [-0.25, -0.2) is 0 Å². The molecule has 1 aliphatic carbocycles. The highest BCUT2D eigenvalue weighted by Gasteiger charge is 2.32. The molecule has 4 N–H and O–H groups in total. The largest absolute Gasteiger partial charge is 0.378 e. The van der Waals surface area contributed by atoms with Crippen molar-refractivity contribution in [3.63, 3.8) is 0 Å². The van der Waals surface area contributed by atoms with E-state index in [4.69, 9.17) is 10.6 Å². The number of carbonyl (C=O) groups excluding carboxylic acids is 1. The molecule has 1 aliphatic rings. The Morgan fingerprint density at radius 1 is 1.52 bits per heavy atom. The molecule has 0 radical (unpaired) electrons. The lowest BCUT2D eigenvalue weighted by molar-refractivity contribution is -0.384. The minimum absolute atomic E-state index is 0.0145. The molecule has 0 aliphatic heterocycles. The fraction of sp³-hybridized carbons (Fsp3) is 0.462. The molecular formula is C13H18N4O4. The van der Waals surface area contributed by atoms with Gasteiger partial charge in [-0.3, -0.25) is 20.8 Å². The third kappa shape index (κ3) is 3.29. The van der Waals surface area contributed by atoms with Crippen LogP contribution in [0, 0.1) is 10.1 Å². The summed E-state index contributed by atoms with van der Waals surface area (Å²) in [6, 6.07) is 4.27. The van der Waals surface area contributed by atoms with Crippen molar-refractivity contribution in [2.45, 2.75) is 31.9 Å². The van der Waals surface area contributed by atoms with E-state index in [1.807, 2.05) is 6.92 Å². The number of ether oxygens (including phenoxy) is 1. The van der Waals surface area contributed by atoms with E-state index in [2.05, 4.69) is 10.7 Å². The van der Waals surface area contributed by atoms with Crippen molar-refractivity contribution in [1.82, 2.24) is 5.32 Å². The van der Waals surface area contributed by atoms with Gasteiger partial charge in [0, 0.05) is 18.7 Å². The number of hydrazine groups is 1. The molecule has 8 heteroatoms. The number of nitro benzene ring substituents is 1. The minimum atomic E-state index is -0.583. The third-order valence-electron chi connectivity index (χ3n) is 3.46. The summed E-state index contributed by atoms with van der Waals surface area (Å²) in [7, 11) is 0. The molecule has 1 aromatic rings. The predicted octanol–water partition coefficient (Wildman–Crippen LogP) is 1.18. The molecule has 0 heterocycles. The molecule has 0 aromatic heterocycles. The van der Waals surface area contributed by atoms with Crippen LogP contribution in [0.15, 0.2) is 18.2 Å². The van der Waals surface area contributed by atoms with Crippen LogP contribution in [-0.4, -0.2) is 29.6 Å². The summed E-state index contributed by atoms with van der Waals surface area (Å²) in [5.41, 5.74) is 2.18. The summed E-state index contributed by atoms with van der Waals surface area (Å²) in [6.07, 6.45) is 1.68. The number of nitro groups is 1. The Morgan fingerprint density at radius 3 is 2.81 bits per heavy atom. The van der Waals surface area contributed by atoms with Crippen LogP contribution in [0.2, 0.25) is 0 Å². The SMILES string of the molecule is CCOC1CC(NC(=O)c2cccc([N+](=O)[O-])c2NN)C1. The maximum absolute atomic E-state index is 12.2. The summed E-state index contributed by atoms with van der Waals surface area (Å²) in [4.78, 5) is 22.5. The molecule has 1 fully saturated rings. The number of nitrogens with one attached hydrogen (secondary N) is 2. The number of anilines is 1. The highest BCUT2D eigenvalue weighted by Crippen LogP contribution is 2.28. The van der Waals surface area contributed by atoms with E-state index in [9.17, 15) is 14.9 Å². The lowest BCUT2D eigenvalue weighted by Gasteiger charge is -2.35. The molecule has 0 atom stereocenters. The van der Waals surface area contributed by atoms with Crippen LogP contribution in [0.4, 0.5) is 11.4 Å². The molecule has 0 unspecified atom stereocenters. The lowest BCUT2D eigenvalue weighted by Crippen LogP contribution is -2.48. The second kappa shape index (κ2) is 6.51. The summed E-state index contributed by atoms with van der Waals surface area (Å²) >= 11 is 0. The molecule has 21 heavy (non-hydrogen) atoms. The van der Waals surface area contributed by atoms with E-state index >= 15 is 0 Å². The Morgan fingerprint density at radius 2 is 2.24 bits per heavy atom. The second-order valence-electron chi connectivity index (χ2n) is 4.82. The predicted molar refractivity (Wildman–Crippen MR) is 76.8 cm³/mol. The molecule has 1 aromatic carbocycles. The van der Waals surface area contributed by atoms with Crippen molar-refractivity contribution in [3.05, 3.63) is 33.9 Å². The van der Waals surface area contributed by atoms with Gasteiger partial charge in [-0.15, -0.1) is 0 Å².